The summed E-state index contributed by atoms with van der Waals surface area (Å²) in [6, 6.07) is 3.89. The van der Waals surface area contributed by atoms with Gasteiger partial charge in [-0.2, -0.15) is 8.42 Å². The molecule has 112 valence electrons. The number of sulfonamides is 1. The highest BCUT2D eigenvalue weighted by atomic mass is 32.2. The van der Waals surface area contributed by atoms with E-state index in [9.17, 15) is 13.2 Å². The normalized spacial score (nSPS) is 11.3. The molecule has 8 nitrogen and oxygen atoms in total. The SMILES string of the molecule is Cc1nc(S(=O)(=O)Nc2ccc(N)cc2C(=O)O)cn1C. The first-order valence-electron chi connectivity index (χ1n) is 5.86. The Hall–Kier alpha value is -2.55. The van der Waals surface area contributed by atoms with Gasteiger partial charge in [-0.1, -0.05) is 0 Å². The highest BCUT2D eigenvalue weighted by Gasteiger charge is 2.21. The number of aromatic nitrogens is 2. The smallest absolute Gasteiger partial charge is 0.337 e. The van der Waals surface area contributed by atoms with E-state index in [4.69, 9.17) is 10.8 Å². The molecule has 9 heteroatoms. The summed E-state index contributed by atoms with van der Waals surface area (Å²) >= 11 is 0. The molecule has 4 N–H and O–H groups in total. The quantitative estimate of drug-likeness (QED) is 0.717. The van der Waals surface area contributed by atoms with Gasteiger partial charge in [0.2, 0.25) is 0 Å². The number of aryl methyl sites for hydroxylation is 2. The zero-order chi connectivity index (χ0) is 15.8. The number of imidazole rings is 1. The lowest BCUT2D eigenvalue weighted by Crippen LogP contribution is -2.16. The van der Waals surface area contributed by atoms with E-state index < -0.39 is 16.0 Å². The first kappa shape index (κ1) is 14.9. The Morgan fingerprint density at radius 2 is 2.10 bits per heavy atom. The molecule has 1 aromatic heterocycles. The van der Waals surface area contributed by atoms with Crippen molar-refractivity contribution >= 4 is 27.4 Å². The summed E-state index contributed by atoms with van der Waals surface area (Å²) in [5, 5.41) is 8.91. The Morgan fingerprint density at radius 3 is 2.62 bits per heavy atom. The maximum atomic E-state index is 12.2. The minimum Gasteiger partial charge on any atom is -0.478 e. The molecule has 0 fully saturated rings. The first-order chi connectivity index (χ1) is 9.70. The van der Waals surface area contributed by atoms with E-state index in [0.29, 0.717) is 5.82 Å². The Balaban J connectivity index is 2.44. The molecule has 2 rings (SSSR count). The first-order valence-corrected chi connectivity index (χ1v) is 7.34. The van der Waals surface area contributed by atoms with Crippen LogP contribution in [0.25, 0.3) is 0 Å². The molecule has 0 bridgehead atoms. The zero-order valence-corrected chi connectivity index (χ0v) is 12.2. The number of carbonyl (C=O) groups is 1. The van der Waals surface area contributed by atoms with Crippen LogP contribution >= 0.6 is 0 Å². The molecule has 21 heavy (non-hydrogen) atoms. The summed E-state index contributed by atoms with van der Waals surface area (Å²) in [4.78, 5) is 15.1. The lowest BCUT2D eigenvalue weighted by Gasteiger charge is -2.09. The number of benzene rings is 1. The number of nitrogens with two attached hydrogens (primary N) is 1. The van der Waals surface area contributed by atoms with E-state index in [1.54, 1.807) is 18.5 Å². The Kier molecular flexibility index (Phi) is 3.60. The van der Waals surface area contributed by atoms with Crippen LogP contribution in [0.4, 0.5) is 11.4 Å². The molecule has 0 atom stereocenters. The number of carboxylic acid groups (broad SMARTS) is 1. The van der Waals surface area contributed by atoms with Crippen LogP contribution in [0.15, 0.2) is 29.4 Å². The van der Waals surface area contributed by atoms with Crippen molar-refractivity contribution in [3.63, 3.8) is 0 Å². The maximum absolute atomic E-state index is 12.2. The molecule has 0 spiro atoms. The summed E-state index contributed by atoms with van der Waals surface area (Å²) in [5.41, 5.74) is 5.43. The van der Waals surface area contributed by atoms with Gasteiger partial charge in [0.1, 0.15) is 5.82 Å². The molecule has 2 aromatic rings. The van der Waals surface area contributed by atoms with Gasteiger partial charge in [-0.05, 0) is 25.1 Å². The van der Waals surface area contributed by atoms with Gasteiger partial charge in [-0.3, -0.25) is 4.72 Å². The molecule has 0 radical (unpaired) electrons. The fraction of sp³-hybridized carbons (Fsp3) is 0.167. The van der Waals surface area contributed by atoms with Gasteiger partial charge in [0.15, 0.2) is 5.03 Å². The van der Waals surface area contributed by atoms with Crippen LogP contribution in [0.3, 0.4) is 0 Å². The predicted octanol–water partition coefficient (Wildman–Crippen LogP) is 0.810. The van der Waals surface area contributed by atoms with E-state index in [2.05, 4.69) is 9.71 Å². The van der Waals surface area contributed by atoms with Crippen LogP contribution in [0.2, 0.25) is 0 Å². The van der Waals surface area contributed by atoms with Gasteiger partial charge in [0.05, 0.1) is 11.3 Å². The minimum absolute atomic E-state index is 0.0694. The molecular weight excluding hydrogens is 296 g/mol. The van der Waals surface area contributed by atoms with Gasteiger partial charge in [0.25, 0.3) is 10.0 Å². The number of hydrogen-bond acceptors (Lipinski definition) is 5. The lowest BCUT2D eigenvalue weighted by atomic mass is 10.1. The number of hydrogen-bond donors (Lipinski definition) is 3. The largest absolute Gasteiger partial charge is 0.478 e. The van der Waals surface area contributed by atoms with Crippen molar-refractivity contribution in [1.29, 1.82) is 0 Å². The molecule has 0 saturated carbocycles. The van der Waals surface area contributed by atoms with Crippen LogP contribution in [-0.4, -0.2) is 29.0 Å². The topological polar surface area (TPSA) is 127 Å². The summed E-state index contributed by atoms with van der Waals surface area (Å²) in [5.74, 6) is -0.761. The number of nitrogens with one attached hydrogen (secondary N) is 1. The van der Waals surface area contributed by atoms with Crippen molar-refractivity contribution in [2.24, 2.45) is 7.05 Å². The number of nitrogen functional groups attached to an aromatic ring is 1. The lowest BCUT2D eigenvalue weighted by molar-refractivity contribution is 0.0698. The van der Waals surface area contributed by atoms with E-state index in [1.165, 1.54) is 24.4 Å². The summed E-state index contributed by atoms with van der Waals surface area (Å²) in [6.07, 6.45) is 1.34. The van der Waals surface area contributed by atoms with Crippen LogP contribution in [0.5, 0.6) is 0 Å². The molecular formula is C12H14N4O4S. The van der Waals surface area contributed by atoms with Gasteiger partial charge in [0, 0.05) is 18.9 Å². The van der Waals surface area contributed by atoms with Crippen LogP contribution in [0, 0.1) is 6.92 Å². The molecule has 1 aromatic carbocycles. The van der Waals surface area contributed by atoms with E-state index in [1.807, 2.05) is 0 Å². The zero-order valence-electron chi connectivity index (χ0n) is 11.4. The average molecular weight is 310 g/mol. The van der Waals surface area contributed by atoms with Crippen molar-refractivity contribution in [2.75, 3.05) is 10.5 Å². The highest BCUT2D eigenvalue weighted by Crippen LogP contribution is 2.22. The maximum Gasteiger partial charge on any atom is 0.337 e. The van der Waals surface area contributed by atoms with Crippen LogP contribution in [-0.2, 0) is 17.1 Å². The second-order valence-electron chi connectivity index (χ2n) is 4.45. The van der Waals surface area contributed by atoms with Gasteiger partial charge in [-0.15, -0.1) is 0 Å². The second kappa shape index (κ2) is 5.09. The number of aromatic carboxylic acids is 1. The van der Waals surface area contributed by atoms with E-state index in [0.717, 1.165) is 0 Å². The van der Waals surface area contributed by atoms with Crippen molar-refractivity contribution in [1.82, 2.24) is 9.55 Å². The van der Waals surface area contributed by atoms with Crippen LogP contribution < -0.4 is 10.5 Å². The molecule has 0 aliphatic carbocycles. The van der Waals surface area contributed by atoms with Crippen molar-refractivity contribution in [3.8, 4) is 0 Å². The molecule has 0 amide bonds. The molecule has 1 heterocycles. The fourth-order valence-electron chi connectivity index (χ4n) is 1.68. The summed E-state index contributed by atoms with van der Waals surface area (Å²) in [7, 11) is -2.31. The van der Waals surface area contributed by atoms with Crippen molar-refractivity contribution in [3.05, 3.63) is 35.8 Å². The standard InChI is InChI=1S/C12H14N4O4S/c1-7-14-11(6-16(7)2)21(19,20)15-10-4-3-8(13)5-9(10)12(17)18/h3-6,15H,13H2,1-2H3,(H,17,18). The number of carboxylic acids is 1. The molecule has 0 unspecified atom stereocenters. The van der Waals surface area contributed by atoms with Gasteiger partial charge in [-0.25, -0.2) is 9.78 Å². The number of rotatable bonds is 4. The third-order valence-corrected chi connectivity index (χ3v) is 4.12. The summed E-state index contributed by atoms with van der Waals surface area (Å²) in [6.45, 7) is 1.66. The average Bonchev–Trinajstić information content (AvgIpc) is 2.72. The predicted molar refractivity (Wildman–Crippen MR) is 76.6 cm³/mol. The fourth-order valence-corrected chi connectivity index (χ4v) is 2.80. The highest BCUT2D eigenvalue weighted by molar-refractivity contribution is 7.92. The summed E-state index contributed by atoms with van der Waals surface area (Å²) < 4.78 is 28.2. The van der Waals surface area contributed by atoms with Crippen LogP contribution in [0.1, 0.15) is 16.2 Å². The van der Waals surface area contributed by atoms with Gasteiger partial charge < -0.3 is 15.4 Å². The Morgan fingerprint density at radius 1 is 1.43 bits per heavy atom. The second-order valence-corrected chi connectivity index (χ2v) is 6.08. The van der Waals surface area contributed by atoms with Crippen molar-refractivity contribution < 1.29 is 18.3 Å². The number of nitrogens with zero attached hydrogens (tertiary/aromatic N) is 2. The van der Waals surface area contributed by atoms with E-state index in [-0.39, 0.29) is 22.0 Å². The molecule has 0 aliphatic rings. The Bertz CT molecular complexity index is 791. The van der Waals surface area contributed by atoms with Crippen molar-refractivity contribution in [2.45, 2.75) is 11.9 Å². The molecule has 0 saturated heterocycles. The monoisotopic (exact) mass is 310 g/mol. The van der Waals surface area contributed by atoms with E-state index >= 15 is 0 Å². The Labute approximate surface area is 121 Å². The van der Waals surface area contributed by atoms with Gasteiger partial charge >= 0.3 is 5.97 Å². The third-order valence-electron chi connectivity index (χ3n) is 2.88. The molecule has 0 aliphatic heterocycles. The minimum atomic E-state index is -3.97. The third kappa shape index (κ3) is 2.97. The number of anilines is 2.